The van der Waals surface area contributed by atoms with Crippen LogP contribution in [0.3, 0.4) is 0 Å². The topological polar surface area (TPSA) is 80.3 Å². The van der Waals surface area contributed by atoms with E-state index < -0.39 is 11.9 Å². The SMILES string of the molecule is CC(=O)NC(C(=O)NCc1cccnc1Oc1cccc(F)c1)C1CCCC1. The molecule has 2 aromatic rings. The van der Waals surface area contributed by atoms with Crippen LogP contribution < -0.4 is 15.4 Å². The quantitative estimate of drug-likeness (QED) is 0.766. The molecule has 0 aliphatic heterocycles. The summed E-state index contributed by atoms with van der Waals surface area (Å²) in [5.74, 6) is -0.0660. The summed E-state index contributed by atoms with van der Waals surface area (Å²) in [6.07, 6.45) is 5.57. The van der Waals surface area contributed by atoms with Gasteiger partial charge in [0.1, 0.15) is 17.6 Å². The molecule has 0 spiro atoms. The minimum absolute atomic E-state index is 0.154. The van der Waals surface area contributed by atoms with Crippen LogP contribution in [0.4, 0.5) is 4.39 Å². The number of pyridine rings is 1. The molecule has 1 aromatic carbocycles. The summed E-state index contributed by atoms with van der Waals surface area (Å²) < 4.78 is 19.0. The van der Waals surface area contributed by atoms with E-state index in [1.54, 1.807) is 30.5 Å². The number of halogens is 1. The summed E-state index contributed by atoms with van der Waals surface area (Å²) in [5, 5.41) is 5.65. The smallest absolute Gasteiger partial charge is 0.243 e. The second-order valence-corrected chi connectivity index (χ2v) is 6.97. The van der Waals surface area contributed by atoms with Crippen LogP contribution in [0.2, 0.25) is 0 Å². The molecule has 1 heterocycles. The Morgan fingerprint density at radius 3 is 2.75 bits per heavy atom. The third-order valence-corrected chi connectivity index (χ3v) is 4.83. The van der Waals surface area contributed by atoms with Crippen molar-refractivity contribution in [3.05, 3.63) is 54.0 Å². The van der Waals surface area contributed by atoms with Gasteiger partial charge in [0.2, 0.25) is 17.7 Å². The molecule has 2 amide bonds. The number of ether oxygens (including phenoxy) is 1. The summed E-state index contributed by atoms with van der Waals surface area (Å²) in [4.78, 5) is 28.4. The predicted octanol–water partition coefficient (Wildman–Crippen LogP) is 3.32. The molecule has 1 aliphatic rings. The van der Waals surface area contributed by atoms with E-state index in [0.717, 1.165) is 25.7 Å². The van der Waals surface area contributed by atoms with Crippen molar-refractivity contribution in [3.63, 3.8) is 0 Å². The minimum Gasteiger partial charge on any atom is -0.439 e. The zero-order chi connectivity index (χ0) is 19.9. The maximum absolute atomic E-state index is 13.4. The van der Waals surface area contributed by atoms with E-state index in [1.165, 1.54) is 19.1 Å². The van der Waals surface area contributed by atoms with Crippen LogP contribution in [0.15, 0.2) is 42.6 Å². The van der Waals surface area contributed by atoms with Crippen molar-refractivity contribution in [3.8, 4) is 11.6 Å². The van der Waals surface area contributed by atoms with Crippen LogP contribution in [0.5, 0.6) is 11.6 Å². The first-order valence-corrected chi connectivity index (χ1v) is 9.45. The number of nitrogens with zero attached hydrogens (tertiary/aromatic N) is 1. The van der Waals surface area contributed by atoms with Crippen molar-refractivity contribution in [2.45, 2.75) is 45.2 Å². The largest absolute Gasteiger partial charge is 0.439 e. The Morgan fingerprint density at radius 2 is 2.04 bits per heavy atom. The number of rotatable bonds is 7. The Hall–Kier alpha value is -2.96. The van der Waals surface area contributed by atoms with Crippen LogP contribution in [0.25, 0.3) is 0 Å². The number of aromatic nitrogens is 1. The van der Waals surface area contributed by atoms with E-state index in [4.69, 9.17) is 4.74 Å². The molecule has 3 rings (SSSR count). The molecule has 28 heavy (non-hydrogen) atoms. The summed E-state index contributed by atoms with van der Waals surface area (Å²) in [5.41, 5.74) is 0.660. The molecular formula is C21H24FN3O3. The molecule has 1 unspecified atom stereocenters. The molecule has 2 N–H and O–H groups in total. The summed E-state index contributed by atoms with van der Waals surface area (Å²) >= 11 is 0. The van der Waals surface area contributed by atoms with Crippen molar-refractivity contribution in [2.24, 2.45) is 5.92 Å². The van der Waals surface area contributed by atoms with Gasteiger partial charge in [0.05, 0.1) is 0 Å². The molecule has 0 bridgehead atoms. The number of nitrogens with one attached hydrogen (secondary N) is 2. The highest BCUT2D eigenvalue weighted by Crippen LogP contribution is 2.28. The molecule has 1 aromatic heterocycles. The normalized spacial score (nSPS) is 15.1. The Morgan fingerprint density at radius 1 is 1.25 bits per heavy atom. The van der Waals surface area contributed by atoms with Crippen LogP contribution in [0.1, 0.15) is 38.2 Å². The zero-order valence-corrected chi connectivity index (χ0v) is 15.8. The highest BCUT2D eigenvalue weighted by molar-refractivity contribution is 5.87. The number of carbonyl (C=O) groups excluding carboxylic acids is 2. The summed E-state index contributed by atoms with van der Waals surface area (Å²) in [6, 6.07) is 8.76. The lowest BCUT2D eigenvalue weighted by Gasteiger charge is -2.23. The third kappa shape index (κ3) is 5.28. The number of hydrogen-bond acceptors (Lipinski definition) is 4. The fraction of sp³-hybridized carbons (Fsp3) is 0.381. The average Bonchev–Trinajstić information content (AvgIpc) is 3.19. The average molecular weight is 385 g/mol. The Kier molecular flexibility index (Phi) is 6.57. The molecule has 1 saturated carbocycles. The zero-order valence-electron chi connectivity index (χ0n) is 15.8. The lowest BCUT2D eigenvalue weighted by Crippen LogP contribution is -2.49. The second kappa shape index (κ2) is 9.30. The lowest BCUT2D eigenvalue weighted by molar-refractivity contribution is -0.129. The fourth-order valence-corrected chi connectivity index (χ4v) is 3.49. The van der Waals surface area contributed by atoms with Crippen molar-refractivity contribution in [1.82, 2.24) is 15.6 Å². The molecule has 1 atom stereocenters. The van der Waals surface area contributed by atoms with E-state index in [0.29, 0.717) is 17.2 Å². The van der Waals surface area contributed by atoms with Gasteiger partial charge in [-0.05, 0) is 37.0 Å². The van der Waals surface area contributed by atoms with Gasteiger partial charge in [-0.25, -0.2) is 9.37 Å². The monoisotopic (exact) mass is 385 g/mol. The minimum atomic E-state index is -0.538. The van der Waals surface area contributed by atoms with Crippen molar-refractivity contribution in [2.75, 3.05) is 0 Å². The van der Waals surface area contributed by atoms with Gasteiger partial charge in [0, 0.05) is 31.3 Å². The first-order valence-electron chi connectivity index (χ1n) is 9.45. The van der Waals surface area contributed by atoms with Crippen LogP contribution in [-0.2, 0) is 16.1 Å². The number of carbonyl (C=O) groups is 2. The summed E-state index contributed by atoms with van der Waals surface area (Å²) in [6.45, 7) is 1.61. The second-order valence-electron chi connectivity index (χ2n) is 6.97. The van der Waals surface area contributed by atoms with Gasteiger partial charge in [-0.1, -0.05) is 25.0 Å². The predicted molar refractivity (Wildman–Crippen MR) is 102 cm³/mol. The van der Waals surface area contributed by atoms with E-state index in [9.17, 15) is 14.0 Å². The van der Waals surface area contributed by atoms with Gasteiger partial charge in [0.15, 0.2) is 0 Å². The highest BCUT2D eigenvalue weighted by atomic mass is 19.1. The standard InChI is InChI=1S/C21H24FN3O3/c1-14(26)25-19(15-6-2-3-7-15)20(27)24-13-16-8-5-11-23-21(16)28-18-10-4-9-17(22)12-18/h4-5,8-12,15,19H,2-3,6-7,13H2,1H3,(H,24,27)(H,25,26). The molecule has 6 nitrogen and oxygen atoms in total. The first kappa shape index (κ1) is 19.8. The van der Waals surface area contributed by atoms with Gasteiger partial charge in [-0.15, -0.1) is 0 Å². The first-order chi connectivity index (χ1) is 13.5. The van der Waals surface area contributed by atoms with Crippen molar-refractivity contribution < 1.29 is 18.7 Å². The van der Waals surface area contributed by atoms with E-state index in [1.807, 2.05) is 0 Å². The third-order valence-electron chi connectivity index (χ3n) is 4.83. The van der Waals surface area contributed by atoms with Crippen LogP contribution in [-0.4, -0.2) is 22.8 Å². The van der Waals surface area contributed by atoms with Crippen molar-refractivity contribution in [1.29, 1.82) is 0 Å². The Balaban J connectivity index is 1.67. The molecule has 1 aliphatic carbocycles. The highest BCUT2D eigenvalue weighted by Gasteiger charge is 2.31. The van der Waals surface area contributed by atoms with E-state index in [2.05, 4.69) is 15.6 Å². The Bertz CT molecular complexity index is 837. The van der Waals surface area contributed by atoms with Gasteiger partial charge in [-0.2, -0.15) is 0 Å². The number of benzene rings is 1. The molecule has 148 valence electrons. The van der Waals surface area contributed by atoms with Gasteiger partial charge >= 0.3 is 0 Å². The molecular weight excluding hydrogens is 361 g/mol. The Labute approximate surface area is 163 Å². The van der Waals surface area contributed by atoms with Crippen LogP contribution >= 0.6 is 0 Å². The summed E-state index contributed by atoms with van der Waals surface area (Å²) in [7, 11) is 0. The molecule has 0 radical (unpaired) electrons. The van der Waals surface area contributed by atoms with Gasteiger partial charge in [-0.3, -0.25) is 9.59 Å². The maximum atomic E-state index is 13.4. The fourth-order valence-electron chi connectivity index (χ4n) is 3.49. The molecule has 1 fully saturated rings. The van der Waals surface area contributed by atoms with Gasteiger partial charge in [0.25, 0.3) is 0 Å². The number of hydrogen-bond donors (Lipinski definition) is 2. The van der Waals surface area contributed by atoms with E-state index in [-0.39, 0.29) is 24.3 Å². The van der Waals surface area contributed by atoms with E-state index >= 15 is 0 Å². The number of amides is 2. The molecule has 7 heteroatoms. The van der Waals surface area contributed by atoms with Crippen molar-refractivity contribution >= 4 is 11.8 Å². The molecule has 0 saturated heterocycles. The maximum Gasteiger partial charge on any atom is 0.243 e. The van der Waals surface area contributed by atoms with Gasteiger partial charge < -0.3 is 15.4 Å². The lowest BCUT2D eigenvalue weighted by atomic mass is 9.97. The van der Waals surface area contributed by atoms with Crippen LogP contribution in [0, 0.1) is 11.7 Å².